The molecule has 0 atom stereocenters. The summed E-state index contributed by atoms with van der Waals surface area (Å²) >= 11 is 15.3. The SMILES string of the molecule is CC(C)(CCCBr)CNC(=O)c1cccc(Cl)c1Cl. The predicted octanol–water partition coefficient (Wildman–Crippen LogP) is 4.92. The molecule has 2 nitrogen and oxygen atoms in total. The summed E-state index contributed by atoms with van der Waals surface area (Å²) in [5, 5.41) is 4.60. The number of rotatable bonds is 6. The molecule has 5 heteroatoms. The molecule has 0 aliphatic rings. The molecule has 1 amide bonds. The molecule has 0 spiro atoms. The summed E-state index contributed by atoms with van der Waals surface area (Å²) < 4.78 is 0. The highest BCUT2D eigenvalue weighted by atomic mass is 79.9. The van der Waals surface area contributed by atoms with Gasteiger partial charge >= 0.3 is 0 Å². The maximum absolute atomic E-state index is 12.1. The van der Waals surface area contributed by atoms with E-state index in [1.54, 1.807) is 18.2 Å². The number of halogens is 3. The van der Waals surface area contributed by atoms with Gasteiger partial charge in [0.1, 0.15) is 0 Å². The van der Waals surface area contributed by atoms with Crippen LogP contribution in [0.15, 0.2) is 18.2 Å². The van der Waals surface area contributed by atoms with Crippen molar-refractivity contribution in [3.8, 4) is 0 Å². The van der Waals surface area contributed by atoms with Gasteiger partial charge in [0, 0.05) is 11.9 Å². The van der Waals surface area contributed by atoms with Crippen LogP contribution < -0.4 is 5.32 Å². The molecule has 0 saturated carbocycles. The highest BCUT2D eigenvalue weighted by Crippen LogP contribution is 2.26. The third-order valence-electron chi connectivity index (χ3n) is 2.91. The second-order valence-corrected chi connectivity index (χ2v) is 6.82. The molecule has 1 rings (SSSR count). The van der Waals surface area contributed by atoms with E-state index in [9.17, 15) is 4.79 Å². The van der Waals surface area contributed by atoms with Crippen LogP contribution in [-0.4, -0.2) is 17.8 Å². The Labute approximate surface area is 133 Å². The van der Waals surface area contributed by atoms with Gasteiger partial charge in [-0.3, -0.25) is 4.79 Å². The van der Waals surface area contributed by atoms with E-state index >= 15 is 0 Å². The van der Waals surface area contributed by atoms with Crippen molar-refractivity contribution in [2.75, 3.05) is 11.9 Å². The highest BCUT2D eigenvalue weighted by Gasteiger charge is 2.20. The van der Waals surface area contributed by atoms with E-state index in [1.807, 2.05) is 0 Å². The van der Waals surface area contributed by atoms with Gasteiger partial charge in [0.25, 0.3) is 5.91 Å². The number of nitrogens with one attached hydrogen (secondary N) is 1. The Morgan fingerprint density at radius 1 is 1.37 bits per heavy atom. The number of carbonyl (C=O) groups excluding carboxylic acids is 1. The topological polar surface area (TPSA) is 29.1 Å². The van der Waals surface area contributed by atoms with Crippen molar-refractivity contribution in [1.29, 1.82) is 0 Å². The summed E-state index contributed by atoms with van der Waals surface area (Å²) in [4.78, 5) is 12.1. The zero-order chi connectivity index (χ0) is 14.5. The fourth-order valence-electron chi connectivity index (χ4n) is 1.73. The molecule has 0 radical (unpaired) electrons. The van der Waals surface area contributed by atoms with Crippen LogP contribution in [0.25, 0.3) is 0 Å². The Morgan fingerprint density at radius 2 is 2.05 bits per heavy atom. The summed E-state index contributed by atoms with van der Waals surface area (Å²) in [7, 11) is 0. The second-order valence-electron chi connectivity index (χ2n) is 5.24. The molecule has 0 bridgehead atoms. The Bertz CT molecular complexity index is 449. The summed E-state index contributed by atoms with van der Waals surface area (Å²) in [6.07, 6.45) is 2.13. The average Bonchev–Trinajstić information content (AvgIpc) is 2.37. The van der Waals surface area contributed by atoms with E-state index in [0.29, 0.717) is 22.2 Å². The molecular weight excluding hydrogens is 349 g/mol. The number of hydrogen-bond donors (Lipinski definition) is 1. The Morgan fingerprint density at radius 3 is 2.68 bits per heavy atom. The van der Waals surface area contributed by atoms with Crippen LogP contribution in [0.3, 0.4) is 0 Å². The second kappa shape index (κ2) is 7.51. The number of hydrogen-bond acceptors (Lipinski definition) is 1. The van der Waals surface area contributed by atoms with Crippen molar-refractivity contribution in [3.63, 3.8) is 0 Å². The van der Waals surface area contributed by atoms with E-state index in [1.165, 1.54) is 0 Å². The summed E-state index contributed by atoms with van der Waals surface area (Å²) in [6, 6.07) is 5.06. The molecule has 1 aromatic carbocycles. The lowest BCUT2D eigenvalue weighted by Crippen LogP contribution is -2.34. The van der Waals surface area contributed by atoms with Crippen LogP contribution in [0.1, 0.15) is 37.0 Å². The van der Waals surface area contributed by atoms with Gasteiger partial charge in [0.2, 0.25) is 0 Å². The van der Waals surface area contributed by atoms with Crippen molar-refractivity contribution in [1.82, 2.24) is 5.32 Å². The Kier molecular flexibility index (Phi) is 6.64. The molecule has 19 heavy (non-hydrogen) atoms. The largest absolute Gasteiger partial charge is 0.351 e. The molecule has 1 N–H and O–H groups in total. The molecule has 0 aromatic heterocycles. The molecule has 0 aliphatic carbocycles. The van der Waals surface area contributed by atoms with E-state index in [4.69, 9.17) is 23.2 Å². The lowest BCUT2D eigenvalue weighted by molar-refractivity contribution is 0.0934. The zero-order valence-corrected chi connectivity index (χ0v) is 14.2. The van der Waals surface area contributed by atoms with Crippen LogP contribution in [0, 0.1) is 5.41 Å². The monoisotopic (exact) mass is 365 g/mol. The molecule has 0 aliphatic heterocycles. The number of alkyl halides is 1. The molecule has 0 unspecified atom stereocenters. The predicted molar refractivity (Wildman–Crippen MR) is 85.6 cm³/mol. The lowest BCUT2D eigenvalue weighted by Gasteiger charge is -2.24. The molecule has 1 aromatic rings. The van der Waals surface area contributed by atoms with Gasteiger partial charge in [0.05, 0.1) is 15.6 Å². The summed E-state index contributed by atoms with van der Waals surface area (Å²) in [5.41, 5.74) is 0.486. The fourth-order valence-corrected chi connectivity index (χ4v) is 2.39. The molecule has 0 saturated heterocycles. The highest BCUT2D eigenvalue weighted by molar-refractivity contribution is 9.09. The first kappa shape index (κ1) is 16.8. The van der Waals surface area contributed by atoms with Crippen molar-refractivity contribution in [2.45, 2.75) is 26.7 Å². The van der Waals surface area contributed by atoms with Crippen LogP contribution in [0.2, 0.25) is 10.0 Å². The van der Waals surface area contributed by atoms with Crippen molar-refractivity contribution in [2.24, 2.45) is 5.41 Å². The van der Waals surface area contributed by atoms with Crippen molar-refractivity contribution < 1.29 is 4.79 Å². The van der Waals surface area contributed by atoms with Crippen LogP contribution in [0.4, 0.5) is 0 Å². The van der Waals surface area contributed by atoms with Crippen LogP contribution in [-0.2, 0) is 0 Å². The standard InChI is InChI=1S/C14H18BrCl2NO/c1-14(2,7-4-8-15)9-18-13(19)10-5-3-6-11(16)12(10)17/h3,5-6H,4,7-9H2,1-2H3,(H,18,19). The van der Waals surface area contributed by atoms with Crippen LogP contribution >= 0.6 is 39.1 Å². The minimum Gasteiger partial charge on any atom is -0.351 e. The Balaban J connectivity index is 2.63. The quantitative estimate of drug-likeness (QED) is 0.711. The van der Waals surface area contributed by atoms with E-state index in [-0.39, 0.29) is 11.3 Å². The summed E-state index contributed by atoms with van der Waals surface area (Å²) in [5.74, 6) is -0.181. The number of carbonyl (C=O) groups is 1. The van der Waals surface area contributed by atoms with E-state index in [2.05, 4.69) is 35.1 Å². The Hall–Kier alpha value is -0.250. The first-order valence-corrected chi connectivity index (χ1v) is 8.03. The third-order valence-corrected chi connectivity index (χ3v) is 4.29. The van der Waals surface area contributed by atoms with Gasteiger partial charge in [-0.25, -0.2) is 0 Å². The molecule has 0 fully saturated rings. The van der Waals surface area contributed by atoms with Gasteiger partial charge in [-0.05, 0) is 30.4 Å². The van der Waals surface area contributed by atoms with Gasteiger partial charge < -0.3 is 5.32 Å². The molecule has 106 valence electrons. The van der Waals surface area contributed by atoms with E-state index in [0.717, 1.165) is 18.2 Å². The van der Waals surface area contributed by atoms with Crippen LogP contribution in [0.5, 0.6) is 0 Å². The first-order chi connectivity index (χ1) is 8.87. The van der Waals surface area contributed by atoms with Crippen molar-refractivity contribution >= 4 is 45.0 Å². The minimum atomic E-state index is -0.181. The zero-order valence-electron chi connectivity index (χ0n) is 11.1. The van der Waals surface area contributed by atoms with Crippen molar-refractivity contribution in [3.05, 3.63) is 33.8 Å². The fraction of sp³-hybridized carbons (Fsp3) is 0.500. The summed E-state index contributed by atoms with van der Waals surface area (Å²) in [6.45, 7) is 4.88. The smallest absolute Gasteiger partial charge is 0.252 e. The van der Waals surface area contributed by atoms with Gasteiger partial charge in [-0.1, -0.05) is 59.0 Å². The van der Waals surface area contributed by atoms with E-state index < -0.39 is 0 Å². The molecule has 0 heterocycles. The normalized spacial score (nSPS) is 11.4. The van der Waals surface area contributed by atoms with Gasteiger partial charge in [0.15, 0.2) is 0 Å². The average molecular weight is 367 g/mol. The van der Waals surface area contributed by atoms with Gasteiger partial charge in [-0.15, -0.1) is 0 Å². The number of amides is 1. The lowest BCUT2D eigenvalue weighted by atomic mass is 9.88. The van der Waals surface area contributed by atoms with Gasteiger partial charge in [-0.2, -0.15) is 0 Å². The maximum atomic E-state index is 12.1. The maximum Gasteiger partial charge on any atom is 0.252 e. The third kappa shape index (κ3) is 5.33. The first-order valence-electron chi connectivity index (χ1n) is 6.15. The molecular formula is C14H18BrCl2NO. The minimum absolute atomic E-state index is 0.0640. The number of benzene rings is 1.